The van der Waals surface area contributed by atoms with Gasteiger partial charge >= 0.3 is 5.97 Å². The quantitative estimate of drug-likeness (QED) is 0.757. The number of hydrogen-bond acceptors (Lipinski definition) is 1. The Morgan fingerprint density at radius 2 is 1.50 bits per heavy atom. The summed E-state index contributed by atoms with van der Waals surface area (Å²) in [6, 6.07) is 0. The number of halogens is 4. The van der Waals surface area contributed by atoms with Crippen LogP contribution in [0.2, 0.25) is 0 Å². The molecule has 0 amide bonds. The molecule has 0 aliphatic heterocycles. The summed E-state index contributed by atoms with van der Waals surface area (Å²) in [5, 5.41) is 8.14. The van der Waals surface area contributed by atoms with E-state index in [-0.39, 0.29) is 8.98 Å². The van der Waals surface area contributed by atoms with Crippen molar-refractivity contribution in [2.45, 2.75) is 32.6 Å². The maximum Gasteiger partial charge on any atom is 0.303 e. The molecule has 0 unspecified atom stereocenters. The molecule has 0 rings (SSSR count). The van der Waals surface area contributed by atoms with Crippen molar-refractivity contribution in [1.82, 2.24) is 0 Å². The van der Waals surface area contributed by atoms with Crippen LogP contribution in [0.3, 0.4) is 0 Å². The van der Waals surface area contributed by atoms with Gasteiger partial charge in [0.25, 0.3) is 0 Å². The zero-order valence-electron chi connectivity index (χ0n) is 7.70. The van der Waals surface area contributed by atoms with Gasteiger partial charge in [0.1, 0.15) is 8.98 Å². The lowest BCUT2D eigenvalue weighted by molar-refractivity contribution is -0.137. The Morgan fingerprint density at radius 1 is 1.07 bits per heavy atom. The largest absolute Gasteiger partial charge is 0.481 e. The van der Waals surface area contributed by atoms with Gasteiger partial charge in [0, 0.05) is 6.42 Å². The summed E-state index contributed by atoms with van der Waals surface area (Å²) in [4.78, 5) is 9.87. The monoisotopic (exact) mass is 280 g/mol. The van der Waals surface area contributed by atoms with Crippen LogP contribution in [0.15, 0.2) is 8.98 Å². The fraction of sp³-hybridized carbons (Fsp3) is 0.625. The van der Waals surface area contributed by atoms with E-state index in [2.05, 4.69) is 6.92 Å². The molecule has 6 heteroatoms. The zero-order chi connectivity index (χ0) is 11.6. The molecule has 1 N–H and O–H groups in total. The lowest BCUT2D eigenvalue weighted by Gasteiger charge is -1.89. The number of carboxylic acids is 1. The van der Waals surface area contributed by atoms with Crippen LogP contribution in [-0.2, 0) is 4.79 Å². The van der Waals surface area contributed by atoms with Gasteiger partial charge in [-0.1, -0.05) is 66.2 Å². The second-order valence-electron chi connectivity index (χ2n) is 2.37. The summed E-state index contributed by atoms with van der Waals surface area (Å²) in [5.74, 6) is -0.682. The van der Waals surface area contributed by atoms with E-state index in [4.69, 9.17) is 51.5 Å². The molecule has 0 aromatic heterocycles. The lowest BCUT2D eigenvalue weighted by atomic mass is 10.2. The number of rotatable bonds is 4. The molecule has 0 aromatic carbocycles. The van der Waals surface area contributed by atoms with Gasteiger partial charge in [-0.05, 0) is 6.42 Å². The highest BCUT2D eigenvalue weighted by Crippen LogP contribution is 2.20. The van der Waals surface area contributed by atoms with Gasteiger partial charge < -0.3 is 5.11 Å². The summed E-state index contributed by atoms with van der Waals surface area (Å²) in [5.41, 5.74) is 0. The van der Waals surface area contributed by atoms with E-state index in [1.54, 1.807) is 0 Å². The predicted octanol–water partition coefficient (Wildman–Crippen LogP) is 4.72. The lowest BCUT2D eigenvalue weighted by Crippen LogP contribution is -1.92. The van der Waals surface area contributed by atoms with Gasteiger partial charge in [-0.15, -0.1) is 0 Å². The van der Waals surface area contributed by atoms with Gasteiger partial charge in [0.15, 0.2) is 0 Å². The molecule has 0 radical (unpaired) electrons. The third-order valence-corrected chi connectivity index (χ3v) is 2.28. The van der Waals surface area contributed by atoms with Gasteiger partial charge in [-0.25, -0.2) is 0 Å². The highest BCUT2D eigenvalue weighted by molar-refractivity contribution is 6.67. The molecule has 0 aliphatic rings. The molecule has 0 aromatic rings. The topological polar surface area (TPSA) is 37.3 Å². The fourth-order valence-electron chi connectivity index (χ4n) is 0.526. The summed E-state index contributed by atoms with van der Waals surface area (Å²) in [7, 11) is 0. The minimum absolute atomic E-state index is 0.0988. The van der Waals surface area contributed by atoms with Crippen LogP contribution in [0.1, 0.15) is 32.6 Å². The number of aliphatic carboxylic acids is 1. The first-order chi connectivity index (χ1) is 6.41. The van der Waals surface area contributed by atoms with E-state index < -0.39 is 5.97 Å². The zero-order valence-corrected chi connectivity index (χ0v) is 10.7. The summed E-state index contributed by atoms with van der Waals surface area (Å²) >= 11 is 20.0. The van der Waals surface area contributed by atoms with E-state index in [0.29, 0.717) is 6.42 Å². The first kappa shape index (κ1) is 16.8. The molecule has 0 saturated heterocycles. The minimum Gasteiger partial charge on any atom is -0.481 e. The summed E-state index contributed by atoms with van der Waals surface area (Å²) < 4.78 is -0.198. The van der Waals surface area contributed by atoms with E-state index in [0.717, 1.165) is 19.3 Å². The van der Waals surface area contributed by atoms with Gasteiger partial charge in [-0.3, -0.25) is 4.79 Å². The van der Waals surface area contributed by atoms with E-state index >= 15 is 0 Å². The Bertz CT molecular complexity index is 174. The summed E-state index contributed by atoms with van der Waals surface area (Å²) in [6.07, 6.45) is 3.28. The maximum atomic E-state index is 9.87. The van der Waals surface area contributed by atoms with Gasteiger partial charge in [0.05, 0.1) is 0 Å². The molecule has 0 bridgehead atoms. The second-order valence-corrected chi connectivity index (χ2v) is 4.27. The highest BCUT2D eigenvalue weighted by Gasteiger charge is 1.92. The smallest absolute Gasteiger partial charge is 0.303 e. The Labute approximate surface area is 104 Å². The Kier molecular flexibility index (Phi) is 13.7. The van der Waals surface area contributed by atoms with Gasteiger partial charge in [-0.2, -0.15) is 0 Å². The second kappa shape index (κ2) is 11.4. The normalized spacial score (nSPS) is 8.64. The van der Waals surface area contributed by atoms with Crippen molar-refractivity contribution >= 4 is 52.4 Å². The van der Waals surface area contributed by atoms with E-state index in [1.165, 1.54) is 0 Å². The molecular weight excluding hydrogens is 270 g/mol. The average Bonchev–Trinajstić information content (AvgIpc) is 2.05. The first-order valence-corrected chi connectivity index (χ1v) is 5.51. The van der Waals surface area contributed by atoms with Gasteiger partial charge in [0.2, 0.25) is 0 Å². The third-order valence-electron chi connectivity index (χ3n) is 1.14. The molecule has 2 nitrogen and oxygen atoms in total. The van der Waals surface area contributed by atoms with Crippen LogP contribution in [-0.4, -0.2) is 11.1 Å². The number of hydrogen-bond donors (Lipinski definition) is 1. The number of carboxylic acid groups (broad SMARTS) is 1. The van der Waals surface area contributed by atoms with Crippen LogP contribution in [0.4, 0.5) is 0 Å². The average molecular weight is 282 g/mol. The van der Waals surface area contributed by atoms with Crippen molar-refractivity contribution in [3.8, 4) is 0 Å². The Balaban J connectivity index is 0. The molecule has 14 heavy (non-hydrogen) atoms. The van der Waals surface area contributed by atoms with Crippen molar-refractivity contribution in [3.05, 3.63) is 8.98 Å². The van der Waals surface area contributed by atoms with Crippen molar-refractivity contribution in [2.75, 3.05) is 0 Å². The molecule has 0 spiro atoms. The van der Waals surface area contributed by atoms with Crippen molar-refractivity contribution < 1.29 is 9.90 Å². The molecular formula is C8H12Cl4O2. The standard InChI is InChI=1S/C6H12O2.C2Cl4/c1-2-3-4-5-6(7)8;3-1(4)2(5)6/h2-5H2,1H3,(H,7,8);. The number of carbonyl (C=O) groups is 1. The number of unbranched alkanes of at least 4 members (excludes halogenated alkanes) is 2. The van der Waals surface area contributed by atoms with Crippen molar-refractivity contribution in [3.63, 3.8) is 0 Å². The third kappa shape index (κ3) is 18.2. The van der Waals surface area contributed by atoms with Crippen molar-refractivity contribution in [1.29, 1.82) is 0 Å². The van der Waals surface area contributed by atoms with Crippen LogP contribution < -0.4 is 0 Å². The molecule has 0 aliphatic carbocycles. The van der Waals surface area contributed by atoms with Crippen LogP contribution >= 0.6 is 46.4 Å². The molecule has 0 heterocycles. The Hall–Kier alpha value is 0.370. The summed E-state index contributed by atoms with van der Waals surface area (Å²) in [6.45, 7) is 2.06. The molecule has 0 saturated carbocycles. The van der Waals surface area contributed by atoms with E-state index in [9.17, 15) is 4.79 Å². The maximum absolute atomic E-state index is 9.87. The van der Waals surface area contributed by atoms with Crippen molar-refractivity contribution in [2.24, 2.45) is 0 Å². The predicted molar refractivity (Wildman–Crippen MR) is 62.2 cm³/mol. The fourth-order valence-corrected chi connectivity index (χ4v) is 0.526. The SMILES string of the molecule is CCCCCC(=O)O.ClC(Cl)=C(Cl)Cl. The van der Waals surface area contributed by atoms with E-state index in [1.807, 2.05) is 0 Å². The van der Waals surface area contributed by atoms with Crippen LogP contribution in [0.5, 0.6) is 0 Å². The molecule has 0 fully saturated rings. The highest BCUT2D eigenvalue weighted by atomic mass is 35.5. The minimum atomic E-state index is -0.682. The molecule has 0 atom stereocenters. The first-order valence-electron chi connectivity index (χ1n) is 3.99. The van der Waals surface area contributed by atoms with Crippen LogP contribution in [0.25, 0.3) is 0 Å². The molecule has 84 valence electrons. The Morgan fingerprint density at radius 3 is 1.71 bits per heavy atom. The van der Waals surface area contributed by atoms with Crippen LogP contribution in [0, 0.1) is 0 Å².